The van der Waals surface area contributed by atoms with Gasteiger partial charge < -0.3 is 15.4 Å². The van der Waals surface area contributed by atoms with Gasteiger partial charge in [-0.15, -0.1) is 0 Å². The molecule has 0 aromatic heterocycles. The van der Waals surface area contributed by atoms with E-state index < -0.39 is 0 Å². The molecule has 0 aliphatic carbocycles. The second-order valence-corrected chi connectivity index (χ2v) is 5.09. The van der Waals surface area contributed by atoms with Crippen LogP contribution in [0.4, 0.5) is 5.69 Å². The number of carbonyl (C=O) groups is 1. The van der Waals surface area contributed by atoms with Gasteiger partial charge in [0.2, 0.25) is 0 Å². The van der Waals surface area contributed by atoms with Crippen molar-refractivity contribution in [3.63, 3.8) is 0 Å². The maximum absolute atomic E-state index is 12.5. The molecule has 0 atom stereocenters. The highest BCUT2D eigenvalue weighted by Gasteiger charge is 2.23. The molecule has 0 radical (unpaired) electrons. The standard InChI is InChI=1S/C15H23N3O2/c1-3-6-17-7-9-18(10-8-17)15(19)13-5-4-12(16)11-14(13)20-2/h4-5,11H,3,6-10,16H2,1-2H3. The fourth-order valence-corrected chi connectivity index (χ4v) is 2.55. The summed E-state index contributed by atoms with van der Waals surface area (Å²) in [6, 6.07) is 5.18. The average Bonchev–Trinajstić information content (AvgIpc) is 2.47. The van der Waals surface area contributed by atoms with Gasteiger partial charge in [-0.3, -0.25) is 9.69 Å². The zero-order valence-electron chi connectivity index (χ0n) is 12.3. The minimum atomic E-state index is 0.0259. The van der Waals surface area contributed by atoms with Gasteiger partial charge in [0.15, 0.2) is 0 Å². The second kappa shape index (κ2) is 6.61. The van der Waals surface area contributed by atoms with Crippen LogP contribution in [0.2, 0.25) is 0 Å². The van der Waals surface area contributed by atoms with E-state index >= 15 is 0 Å². The summed E-state index contributed by atoms with van der Waals surface area (Å²) in [7, 11) is 1.56. The van der Waals surface area contributed by atoms with E-state index in [-0.39, 0.29) is 5.91 Å². The van der Waals surface area contributed by atoms with Crippen LogP contribution in [0.3, 0.4) is 0 Å². The Labute approximate surface area is 120 Å². The minimum absolute atomic E-state index is 0.0259. The molecule has 0 bridgehead atoms. The van der Waals surface area contributed by atoms with Crippen molar-refractivity contribution in [3.05, 3.63) is 23.8 Å². The summed E-state index contributed by atoms with van der Waals surface area (Å²) in [4.78, 5) is 16.8. The number of nitrogens with zero attached hydrogens (tertiary/aromatic N) is 2. The Balaban J connectivity index is 2.05. The van der Waals surface area contributed by atoms with Crippen molar-refractivity contribution < 1.29 is 9.53 Å². The van der Waals surface area contributed by atoms with Gasteiger partial charge in [-0.1, -0.05) is 6.92 Å². The summed E-state index contributed by atoms with van der Waals surface area (Å²) in [5.74, 6) is 0.573. The van der Waals surface area contributed by atoms with E-state index in [1.54, 1.807) is 25.3 Å². The third-order valence-electron chi connectivity index (χ3n) is 3.66. The normalized spacial score (nSPS) is 16.2. The maximum atomic E-state index is 12.5. The number of hydrogen-bond acceptors (Lipinski definition) is 4. The Kier molecular flexibility index (Phi) is 4.84. The minimum Gasteiger partial charge on any atom is -0.496 e. The summed E-state index contributed by atoms with van der Waals surface area (Å²) < 4.78 is 5.26. The smallest absolute Gasteiger partial charge is 0.257 e. The zero-order valence-corrected chi connectivity index (χ0v) is 12.3. The van der Waals surface area contributed by atoms with Gasteiger partial charge in [0.1, 0.15) is 5.75 Å². The largest absolute Gasteiger partial charge is 0.496 e. The number of rotatable bonds is 4. The predicted octanol–water partition coefficient (Wildman–Crippen LogP) is 1.45. The van der Waals surface area contributed by atoms with Gasteiger partial charge in [-0.25, -0.2) is 0 Å². The monoisotopic (exact) mass is 277 g/mol. The SMILES string of the molecule is CCCN1CCN(C(=O)c2ccc(N)cc2OC)CC1. The maximum Gasteiger partial charge on any atom is 0.257 e. The summed E-state index contributed by atoms with van der Waals surface area (Å²) in [6.45, 7) is 6.70. The van der Waals surface area contributed by atoms with Crippen LogP contribution < -0.4 is 10.5 Å². The van der Waals surface area contributed by atoms with E-state index in [0.29, 0.717) is 17.0 Å². The molecule has 5 heteroatoms. The summed E-state index contributed by atoms with van der Waals surface area (Å²) in [5, 5.41) is 0. The molecule has 0 saturated carbocycles. The lowest BCUT2D eigenvalue weighted by Gasteiger charge is -2.34. The molecule has 1 heterocycles. The lowest BCUT2D eigenvalue weighted by atomic mass is 10.1. The van der Waals surface area contributed by atoms with Crippen LogP contribution in [0.15, 0.2) is 18.2 Å². The lowest BCUT2D eigenvalue weighted by molar-refractivity contribution is 0.0634. The molecule has 1 aromatic rings. The molecule has 2 rings (SSSR count). The number of amides is 1. The number of carbonyl (C=O) groups excluding carboxylic acids is 1. The highest BCUT2D eigenvalue weighted by molar-refractivity contribution is 5.97. The van der Waals surface area contributed by atoms with Gasteiger partial charge in [0, 0.05) is 37.9 Å². The molecule has 0 spiro atoms. The van der Waals surface area contributed by atoms with Crippen molar-refractivity contribution in [1.82, 2.24) is 9.80 Å². The molecule has 2 N–H and O–H groups in total. The Bertz CT molecular complexity index is 468. The first-order chi connectivity index (χ1) is 9.65. The lowest BCUT2D eigenvalue weighted by Crippen LogP contribution is -2.48. The Morgan fingerprint density at radius 1 is 1.30 bits per heavy atom. The molecule has 5 nitrogen and oxygen atoms in total. The van der Waals surface area contributed by atoms with Gasteiger partial charge >= 0.3 is 0 Å². The van der Waals surface area contributed by atoms with E-state index in [1.807, 2.05) is 4.90 Å². The molecule has 0 unspecified atom stereocenters. The van der Waals surface area contributed by atoms with Crippen LogP contribution in [-0.2, 0) is 0 Å². The van der Waals surface area contributed by atoms with Gasteiger partial charge in [0.05, 0.1) is 12.7 Å². The Morgan fingerprint density at radius 2 is 2.00 bits per heavy atom. The predicted molar refractivity (Wildman–Crippen MR) is 80.0 cm³/mol. The number of nitrogens with two attached hydrogens (primary N) is 1. The van der Waals surface area contributed by atoms with E-state index in [4.69, 9.17) is 10.5 Å². The van der Waals surface area contributed by atoms with Crippen molar-refractivity contribution >= 4 is 11.6 Å². The van der Waals surface area contributed by atoms with Crippen molar-refractivity contribution in [2.45, 2.75) is 13.3 Å². The van der Waals surface area contributed by atoms with Crippen LogP contribution in [-0.4, -0.2) is 55.5 Å². The van der Waals surface area contributed by atoms with E-state index in [2.05, 4.69) is 11.8 Å². The number of methoxy groups -OCH3 is 1. The van der Waals surface area contributed by atoms with E-state index in [1.165, 1.54) is 0 Å². The summed E-state index contributed by atoms with van der Waals surface area (Å²) >= 11 is 0. The van der Waals surface area contributed by atoms with Gasteiger partial charge in [-0.05, 0) is 25.1 Å². The molecule has 1 aliphatic heterocycles. The molecular formula is C15H23N3O2. The zero-order chi connectivity index (χ0) is 14.5. The van der Waals surface area contributed by atoms with Crippen LogP contribution >= 0.6 is 0 Å². The van der Waals surface area contributed by atoms with Crippen molar-refractivity contribution in [2.24, 2.45) is 0 Å². The van der Waals surface area contributed by atoms with Crippen LogP contribution in [0.1, 0.15) is 23.7 Å². The van der Waals surface area contributed by atoms with E-state index in [0.717, 1.165) is 39.1 Å². The number of hydrogen-bond donors (Lipinski definition) is 1. The molecule has 110 valence electrons. The van der Waals surface area contributed by atoms with Gasteiger partial charge in [0.25, 0.3) is 5.91 Å². The number of benzene rings is 1. The highest BCUT2D eigenvalue weighted by Crippen LogP contribution is 2.23. The van der Waals surface area contributed by atoms with Crippen molar-refractivity contribution in [2.75, 3.05) is 45.6 Å². The first kappa shape index (κ1) is 14.7. The third-order valence-corrected chi connectivity index (χ3v) is 3.66. The number of ether oxygens (including phenoxy) is 1. The topological polar surface area (TPSA) is 58.8 Å². The van der Waals surface area contributed by atoms with E-state index in [9.17, 15) is 4.79 Å². The Hall–Kier alpha value is -1.75. The highest BCUT2D eigenvalue weighted by atomic mass is 16.5. The first-order valence-corrected chi connectivity index (χ1v) is 7.11. The van der Waals surface area contributed by atoms with Crippen LogP contribution in [0, 0.1) is 0 Å². The Morgan fingerprint density at radius 3 is 2.60 bits per heavy atom. The second-order valence-electron chi connectivity index (χ2n) is 5.09. The van der Waals surface area contributed by atoms with Crippen molar-refractivity contribution in [3.8, 4) is 5.75 Å². The molecular weight excluding hydrogens is 254 g/mol. The number of nitrogen functional groups attached to an aromatic ring is 1. The molecule has 1 amide bonds. The number of anilines is 1. The van der Waals surface area contributed by atoms with Crippen molar-refractivity contribution in [1.29, 1.82) is 0 Å². The molecule has 1 fully saturated rings. The molecule has 1 aliphatic rings. The van der Waals surface area contributed by atoms with Crippen LogP contribution in [0.5, 0.6) is 5.75 Å². The quantitative estimate of drug-likeness (QED) is 0.846. The molecule has 1 saturated heterocycles. The third kappa shape index (κ3) is 3.22. The fourth-order valence-electron chi connectivity index (χ4n) is 2.55. The number of piperazine rings is 1. The van der Waals surface area contributed by atoms with Gasteiger partial charge in [-0.2, -0.15) is 0 Å². The molecule has 20 heavy (non-hydrogen) atoms. The summed E-state index contributed by atoms with van der Waals surface area (Å²) in [5.41, 5.74) is 6.91. The van der Waals surface area contributed by atoms with Crippen LogP contribution in [0.25, 0.3) is 0 Å². The fraction of sp³-hybridized carbons (Fsp3) is 0.533. The average molecular weight is 277 g/mol. The first-order valence-electron chi connectivity index (χ1n) is 7.11. The summed E-state index contributed by atoms with van der Waals surface area (Å²) in [6.07, 6.45) is 1.15. The molecule has 1 aromatic carbocycles.